The summed E-state index contributed by atoms with van der Waals surface area (Å²) in [5.74, 6) is 0. The predicted octanol–water partition coefficient (Wildman–Crippen LogP) is 4.53. The Morgan fingerprint density at radius 2 is 1.85 bits per heavy atom. The number of H-pyrrole nitrogens is 1. The standard InChI is InChI=1S/C12H16Cl2N2.C6H5N3S/c1-2-15-5-7-16(8-6-15)10-3-4-11(13)12(14)9-10;10-6-8-7-5-3-1-2-4-9(5)6/h3-4,9H,2,5-8H2,1H3;1-4H,(H,8,10). The maximum Gasteiger partial charge on any atom is 0.199 e. The lowest BCUT2D eigenvalue weighted by atomic mass is 10.2. The summed E-state index contributed by atoms with van der Waals surface area (Å²) in [7, 11) is 0. The number of aromatic amines is 1. The number of benzene rings is 1. The van der Waals surface area contributed by atoms with Crippen LogP contribution in [0.4, 0.5) is 5.69 Å². The normalized spacial score (nSPS) is 15.0. The van der Waals surface area contributed by atoms with Gasteiger partial charge in [-0.2, -0.15) is 5.10 Å². The lowest BCUT2D eigenvalue weighted by Gasteiger charge is -2.35. The molecule has 0 bridgehead atoms. The van der Waals surface area contributed by atoms with Crippen molar-refractivity contribution in [3.8, 4) is 0 Å². The topological polar surface area (TPSA) is 39.6 Å². The zero-order chi connectivity index (χ0) is 18.5. The van der Waals surface area contributed by atoms with E-state index in [2.05, 4.69) is 26.9 Å². The Balaban J connectivity index is 0.000000167. The van der Waals surface area contributed by atoms with E-state index in [0.717, 1.165) is 38.4 Å². The maximum atomic E-state index is 6.02. The molecule has 0 unspecified atom stereocenters. The zero-order valence-electron chi connectivity index (χ0n) is 14.5. The first kappa shape index (κ1) is 19.2. The number of halogens is 2. The van der Waals surface area contributed by atoms with Crippen LogP contribution in [0, 0.1) is 4.77 Å². The Morgan fingerprint density at radius 3 is 2.50 bits per heavy atom. The number of likely N-dealkylation sites (N-methyl/N-ethyl adjacent to an activating group) is 1. The van der Waals surface area contributed by atoms with Gasteiger partial charge in [-0.3, -0.25) is 9.50 Å². The van der Waals surface area contributed by atoms with Crippen LogP contribution in [0.25, 0.3) is 5.65 Å². The molecule has 1 N–H and O–H groups in total. The highest BCUT2D eigenvalue weighted by Gasteiger charge is 2.16. The van der Waals surface area contributed by atoms with E-state index in [1.54, 1.807) is 0 Å². The molecule has 138 valence electrons. The molecular weight excluding hydrogens is 389 g/mol. The number of hydrogen-bond donors (Lipinski definition) is 1. The van der Waals surface area contributed by atoms with E-state index >= 15 is 0 Å². The number of nitrogens with one attached hydrogen (secondary N) is 1. The van der Waals surface area contributed by atoms with Gasteiger partial charge >= 0.3 is 0 Å². The molecule has 1 aliphatic heterocycles. The third-order valence-electron chi connectivity index (χ3n) is 4.41. The number of pyridine rings is 1. The number of aromatic nitrogens is 3. The van der Waals surface area contributed by atoms with Gasteiger partial charge in [0.15, 0.2) is 10.4 Å². The van der Waals surface area contributed by atoms with Gasteiger partial charge in [0, 0.05) is 38.1 Å². The maximum absolute atomic E-state index is 6.02. The van der Waals surface area contributed by atoms with E-state index in [0.29, 0.717) is 14.8 Å². The van der Waals surface area contributed by atoms with Crippen molar-refractivity contribution < 1.29 is 0 Å². The van der Waals surface area contributed by atoms with Crippen molar-refractivity contribution in [3.63, 3.8) is 0 Å². The number of piperazine rings is 1. The van der Waals surface area contributed by atoms with Crippen molar-refractivity contribution in [2.24, 2.45) is 0 Å². The SMILES string of the molecule is CCN1CCN(c2ccc(Cl)c(Cl)c2)CC1.S=c1[nH]nc2ccccn12. The van der Waals surface area contributed by atoms with Crippen molar-refractivity contribution in [1.29, 1.82) is 0 Å². The minimum Gasteiger partial charge on any atom is -0.369 e. The molecule has 3 heterocycles. The third kappa shape index (κ3) is 4.57. The van der Waals surface area contributed by atoms with Gasteiger partial charge in [0.2, 0.25) is 0 Å². The van der Waals surface area contributed by atoms with Gasteiger partial charge in [0.05, 0.1) is 10.0 Å². The summed E-state index contributed by atoms with van der Waals surface area (Å²) in [5, 5.41) is 7.92. The lowest BCUT2D eigenvalue weighted by molar-refractivity contribution is 0.271. The molecule has 1 fully saturated rings. The van der Waals surface area contributed by atoms with Gasteiger partial charge in [0.1, 0.15) is 0 Å². The summed E-state index contributed by atoms with van der Waals surface area (Å²) in [4.78, 5) is 4.81. The van der Waals surface area contributed by atoms with Crippen LogP contribution < -0.4 is 4.90 Å². The highest BCUT2D eigenvalue weighted by Crippen LogP contribution is 2.27. The van der Waals surface area contributed by atoms with Crippen LogP contribution >= 0.6 is 35.4 Å². The highest BCUT2D eigenvalue weighted by atomic mass is 35.5. The second-order valence-corrected chi connectivity index (χ2v) is 7.18. The molecule has 1 aromatic carbocycles. The van der Waals surface area contributed by atoms with E-state index in [1.807, 2.05) is 47.0 Å². The van der Waals surface area contributed by atoms with E-state index in [1.165, 1.54) is 5.69 Å². The fraction of sp³-hybridized carbons (Fsp3) is 0.333. The van der Waals surface area contributed by atoms with E-state index < -0.39 is 0 Å². The van der Waals surface area contributed by atoms with Crippen molar-refractivity contribution in [1.82, 2.24) is 19.5 Å². The molecule has 0 amide bonds. The average molecular weight is 410 g/mol. The number of rotatable bonds is 2. The van der Waals surface area contributed by atoms with E-state index in [-0.39, 0.29) is 0 Å². The molecule has 5 nitrogen and oxygen atoms in total. The molecule has 0 saturated carbocycles. The molecule has 0 spiro atoms. The summed E-state index contributed by atoms with van der Waals surface area (Å²) in [6, 6.07) is 11.6. The quantitative estimate of drug-likeness (QED) is 0.631. The second kappa shape index (κ2) is 8.86. The van der Waals surface area contributed by atoms with Gasteiger partial charge in [-0.05, 0) is 49.1 Å². The Hall–Kier alpha value is -1.60. The molecule has 1 aliphatic rings. The first-order chi connectivity index (χ1) is 12.6. The smallest absolute Gasteiger partial charge is 0.199 e. The van der Waals surface area contributed by atoms with Crippen molar-refractivity contribution in [2.45, 2.75) is 6.92 Å². The van der Waals surface area contributed by atoms with Crippen molar-refractivity contribution >= 4 is 46.8 Å². The van der Waals surface area contributed by atoms with Gasteiger partial charge in [-0.1, -0.05) is 36.2 Å². The van der Waals surface area contributed by atoms with E-state index in [9.17, 15) is 0 Å². The Kier molecular flexibility index (Phi) is 6.53. The first-order valence-corrected chi connectivity index (χ1v) is 9.69. The van der Waals surface area contributed by atoms with Crippen LogP contribution in [0.15, 0.2) is 42.6 Å². The molecular formula is C18H21Cl2N5S. The molecule has 0 aliphatic carbocycles. The lowest BCUT2D eigenvalue weighted by Crippen LogP contribution is -2.46. The molecule has 4 rings (SSSR count). The molecule has 8 heteroatoms. The predicted molar refractivity (Wildman–Crippen MR) is 111 cm³/mol. The monoisotopic (exact) mass is 409 g/mol. The Bertz CT molecular complexity index is 915. The minimum atomic E-state index is 0.623. The Morgan fingerprint density at radius 1 is 1.08 bits per heavy atom. The summed E-state index contributed by atoms with van der Waals surface area (Å²) in [5.41, 5.74) is 2.03. The molecule has 0 atom stereocenters. The average Bonchev–Trinajstić information content (AvgIpc) is 3.06. The minimum absolute atomic E-state index is 0.623. The zero-order valence-corrected chi connectivity index (χ0v) is 16.9. The van der Waals surface area contributed by atoms with Gasteiger partial charge in [-0.25, -0.2) is 0 Å². The van der Waals surface area contributed by atoms with Crippen LogP contribution in [0.1, 0.15) is 6.92 Å². The van der Waals surface area contributed by atoms with Crippen LogP contribution in [-0.4, -0.2) is 52.2 Å². The van der Waals surface area contributed by atoms with Crippen molar-refractivity contribution in [2.75, 3.05) is 37.6 Å². The van der Waals surface area contributed by atoms with Crippen LogP contribution in [0.2, 0.25) is 10.0 Å². The van der Waals surface area contributed by atoms with Gasteiger partial charge in [-0.15, -0.1) is 0 Å². The summed E-state index contributed by atoms with van der Waals surface area (Å²) < 4.78 is 2.45. The number of nitrogens with zero attached hydrogens (tertiary/aromatic N) is 4. The third-order valence-corrected chi connectivity index (χ3v) is 5.44. The molecule has 26 heavy (non-hydrogen) atoms. The van der Waals surface area contributed by atoms with Crippen LogP contribution in [0.5, 0.6) is 0 Å². The van der Waals surface area contributed by atoms with Gasteiger partial charge < -0.3 is 9.80 Å². The fourth-order valence-electron chi connectivity index (χ4n) is 2.86. The van der Waals surface area contributed by atoms with Gasteiger partial charge in [0.25, 0.3) is 0 Å². The van der Waals surface area contributed by atoms with Crippen LogP contribution in [-0.2, 0) is 0 Å². The summed E-state index contributed by atoms with van der Waals surface area (Å²) in [6.45, 7) is 7.70. The molecule has 3 aromatic rings. The number of hydrogen-bond acceptors (Lipinski definition) is 4. The fourth-order valence-corrected chi connectivity index (χ4v) is 3.35. The summed E-state index contributed by atoms with van der Waals surface area (Å²) in [6.07, 6.45) is 1.88. The van der Waals surface area contributed by atoms with Crippen LogP contribution in [0.3, 0.4) is 0 Å². The van der Waals surface area contributed by atoms with Crippen molar-refractivity contribution in [3.05, 3.63) is 57.4 Å². The summed E-state index contributed by atoms with van der Waals surface area (Å²) >= 11 is 16.9. The number of anilines is 1. The largest absolute Gasteiger partial charge is 0.369 e. The molecule has 2 aromatic heterocycles. The first-order valence-electron chi connectivity index (χ1n) is 8.52. The second-order valence-electron chi connectivity index (χ2n) is 5.98. The highest BCUT2D eigenvalue weighted by molar-refractivity contribution is 7.71. The number of fused-ring (bicyclic) bond motifs is 1. The molecule has 1 saturated heterocycles. The van der Waals surface area contributed by atoms with E-state index in [4.69, 9.17) is 35.4 Å². The Labute approximate surface area is 168 Å². The molecule has 0 radical (unpaired) electrons.